The molecule has 0 radical (unpaired) electrons. The van der Waals surface area contributed by atoms with Gasteiger partial charge in [-0.05, 0) is 31.9 Å². The number of nitrogens with zero attached hydrogens (tertiary/aromatic N) is 1. The largest absolute Gasteiger partial charge is 0.328 e. The van der Waals surface area contributed by atoms with Gasteiger partial charge in [0.15, 0.2) is 0 Å². The first kappa shape index (κ1) is 15.5. The average Bonchev–Trinajstić information content (AvgIpc) is 2.51. The molecule has 1 heterocycles. The Balaban J connectivity index is 2.07. The lowest BCUT2D eigenvalue weighted by atomic mass is 10.2. The molecule has 1 aliphatic rings. The summed E-state index contributed by atoms with van der Waals surface area (Å²) in [6.07, 6.45) is 2.41. The summed E-state index contributed by atoms with van der Waals surface area (Å²) in [4.78, 5) is 0.251. The number of hydrogen-bond donors (Lipinski definition) is 0. The predicted octanol–water partition coefficient (Wildman–Crippen LogP) is 2.33. The molecule has 20 heavy (non-hydrogen) atoms. The molecule has 0 aliphatic carbocycles. The summed E-state index contributed by atoms with van der Waals surface area (Å²) in [5.41, 5.74) is 1.04. The van der Waals surface area contributed by atoms with E-state index in [0.717, 1.165) is 42.4 Å². The molecule has 0 saturated carbocycles. The molecule has 1 aliphatic heterocycles. The van der Waals surface area contributed by atoms with Crippen LogP contribution >= 0.6 is 0 Å². The summed E-state index contributed by atoms with van der Waals surface area (Å²) >= 11 is 0. The summed E-state index contributed by atoms with van der Waals surface area (Å²) in [5.74, 6) is 0. The molecule has 2 rings (SSSR count). The van der Waals surface area contributed by atoms with Gasteiger partial charge in [-0.3, -0.25) is 4.18 Å². The molecular weight excluding hydrogens is 274 g/mol. The van der Waals surface area contributed by atoms with Gasteiger partial charge in [0.2, 0.25) is 0 Å². The number of aryl methyl sites for hydroxylation is 1. The van der Waals surface area contributed by atoms with Crippen molar-refractivity contribution in [2.75, 3.05) is 27.2 Å². The molecule has 1 atom stereocenters. The lowest BCUT2D eigenvalue weighted by Crippen LogP contribution is -2.40. The summed E-state index contributed by atoms with van der Waals surface area (Å²) in [5, 5.41) is 0. The van der Waals surface area contributed by atoms with E-state index in [9.17, 15) is 8.42 Å². The lowest BCUT2D eigenvalue weighted by Gasteiger charge is -2.27. The van der Waals surface area contributed by atoms with Crippen molar-refractivity contribution in [1.82, 2.24) is 0 Å². The zero-order valence-electron chi connectivity index (χ0n) is 12.5. The van der Waals surface area contributed by atoms with Gasteiger partial charge in [0.1, 0.15) is 0 Å². The highest BCUT2D eigenvalue weighted by Crippen LogP contribution is 2.22. The SMILES string of the molecule is Cc1ccc(S(=O)(=O)OC2CCC[N+](C)(C)CC2)cc1. The Morgan fingerprint density at radius 1 is 1.10 bits per heavy atom. The molecule has 0 aromatic heterocycles. The van der Waals surface area contributed by atoms with Crippen LogP contribution in [0.25, 0.3) is 0 Å². The van der Waals surface area contributed by atoms with E-state index in [1.165, 1.54) is 0 Å². The Morgan fingerprint density at radius 2 is 1.75 bits per heavy atom. The molecule has 1 unspecified atom stereocenters. The second-order valence-electron chi connectivity index (χ2n) is 6.30. The molecule has 0 bridgehead atoms. The Labute approximate surface area is 122 Å². The van der Waals surface area contributed by atoms with E-state index in [2.05, 4.69) is 14.1 Å². The van der Waals surface area contributed by atoms with Crippen molar-refractivity contribution < 1.29 is 17.1 Å². The maximum Gasteiger partial charge on any atom is 0.297 e. The van der Waals surface area contributed by atoms with Crippen LogP contribution in [0.1, 0.15) is 24.8 Å². The lowest BCUT2D eigenvalue weighted by molar-refractivity contribution is -0.889. The zero-order valence-corrected chi connectivity index (χ0v) is 13.3. The fourth-order valence-electron chi connectivity index (χ4n) is 2.53. The number of likely N-dealkylation sites (tertiary alicyclic amines) is 1. The van der Waals surface area contributed by atoms with E-state index in [4.69, 9.17) is 4.18 Å². The smallest absolute Gasteiger partial charge is 0.297 e. The molecule has 112 valence electrons. The van der Waals surface area contributed by atoms with E-state index in [0.29, 0.717) is 0 Å². The van der Waals surface area contributed by atoms with Gasteiger partial charge in [0.05, 0.1) is 38.2 Å². The Hall–Kier alpha value is -0.910. The van der Waals surface area contributed by atoms with Gasteiger partial charge < -0.3 is 4.48 Å². The van der Waals surface area contributed by atoms with Gasteiger partial charge in [0.25, 0.3) is 10.1 Å². The van der Waals surface area contributed by atoms with Gasteiger partial charge in [-0.25, -0.2) is 0 Å². The normalized spacial score (nSPS) is 23.2. The molecule has 0 amide bonds. The van der Waals surface area contributed by atoms with Gasteiger partial charge in [-0.2, -0.15) is 8.42 Å². The van der Waals surface area contributed by atoms with Crippen LogP contribution in [0.5, 0.6) is 0 Å². The third-order valence-electron chi connectivity index (χ3n) is 3.92. The molecule has 5 heteroatoms. The van der Waals surface area contributed by atoms with Crippen molar-refractivity contribution >= 4 is 10.1 Å². The fourth-order valence-corrected chi connectivity index (χ4v) is 3.66. The van der Waals surface area contributed by atoms with Crippen LogP contribution < -0.4 is 0 Å². The molecule has 4 nitrogen and oxygen atoms in total. The summed E-state index contributed by atoms with van der Waals surface area (Å²) in [6, 6.07) is 6.81. The molecule has 1 fully saturated rings. The van der Waals surface area contributed by atoms with E-state index >= 15 is 0 Å². The highest BCUT2D eigenvalue weighted by Gasteiger charge is 2.28. The quantitative estimate of drug-likeness (QED) is 0.635. The van der Waals surface area contributed by atoms with Crippen LogP contribution in [0.15, 0.2) is 29.2 Å². The summed E-state index contributed by atoms with van der Waals surface area (Å²) in [7, 11) is 0.718. The number of rotatable bonds is 3. The van der Waals surface area contributed by atoms with Crippen molar-refractivity contribution in [3.63, 3.8) is 0 Å². The van der Waals surface area contributed by atoms with Crippen molar-refractivity contribution in [2.24, 2.45) is 0 Å². The highest BCUT2D eigenvalue weighted by molar-refractivity contribution is 7.86. The maximum absolute atomic E-state index is 12.3. The van der Waals surface area contributed by atoms with Gasteiger partial charge >= 0.3 is 0 Å². The third-order valence-corrected chi connectivity index (χ3v) is 5.29. The fraction of sp³-hybridized carbons (Fsp3) is 0.600. The molecule has 0 spiro atoms. The van der Waals surface area contributed by atoms with E-state index in [-0.39, 0.29) is 11.0 Å². The van der Waals surface area contributed by atoms with Crippen molar-refractivity contribution in [3.8, 4) is 0 Å². The van der Waals surface area contributed by atoms with Crippen LogP contribution in [0.2, 0.25) is 0 Å². The van der Waals surface area contributed by atoms with Crippen LogP contribution in [-0.2, 0) is 14.3 Å². The number of benzene rings is 1. The molecule has 1 aromatic rings. The van der Waals surface area contributed by atoms with Crippen molar-refractivity contribution in [2.45, 2.75) is 37.2 Å². The standard InChI is InChI=1S/C15H24NO3S/c1-13-6-8-15(9-7-13)20(17,18)19-14-5-4-11-16(2,3)12-10-14/h6-9,14H,4-5,10-12H2,1-3H3/q+1. The Bertz CT molecular complexity index is 549. The van der Waals surface area contributed by atoms with Crippen LogP contribution in [0.3, 0.4) is 0 Å². The summed E-state index contributed by atoms with van der Waals surface area (Å²) in [6.45, 7) is 3.96. The topological polar surface area (TPSA) is 43.4 Å². The Morgan fingerprint density at radius 3 is 2.40 bits per heavy atom. The van der Waals surface area contributed by atoms with Crippen LogP contribution in [0, 0.1) is 6.92 Å². The third kappa shape index (κ3) is 4.04. The van der Waals surface area contributed by atoms with Gasteiger partial charge in [-0.15, -0.1) is 0 Å². The van der Waals surface area contributed by atoms with Crippen LogP contribution in [-0.4, -0.2) is 46.2 Å². The predicted molar refractivity (Wildman–Crippen MR) is 78.9 cm³/mol. The zero-order chi connectivity index (χ0) is 14.8. The number of hydrogen-bond acceptors (Lipinski definition) is 3. The van der Waals surface area contributed by atoms with Crippen molar-refractivity contribution in [1.29, 1.82) is 0 Å². The molecule has 0 N–H and O–H groups in total. The maximum atomic E-state index is 12.3. The second-order valence-corrected chi connectivity index (χ2v) is 7.87. The summed E-state index contributed by atoms with van der Waals surface area (Å²) < 4.78 is 30.9. The van der Waals surface area contributed by atoms with Gasteiger partial charge in [-0.1, -0.05) is 17.7 Å². The minimum absolute atomic E-state index is 0.193. The van der Waals surface area contributed by atoms with E-state index in [1.54, 1.807) is 24.3 Å². The molecule has 1 saturated heterocycles. The number of quaternary nitrogens is 1. The van der Waals surface area contributed by atoms with Crippen LogP contribution in [0.4, 0.5) is 0 Å². The minimum atomic E-state index is -3.64. The van der Waals surface area contributed by atoms with Gasteiger partial charge in [0, 0.05) is 6.42 Å². The van der Waals surface area contributed by atoms with Crippen molar-refractivity contribution in [3.05, 3.63) is 29.8 Å². The molecular formula is C15H24NO3S+. The first-order valence-electron chi connectivity index (χ1n) is 7.10. The Kier molecular flexibility index (Phi) is 4.52. The second kappa shape index (κ2) is 5.84. The highest BCUT2D eigenvalue weighted by atomic mass is 32.2. The minimum Gasteiger partial charge on any atom is -0.328 e. The molecule has 1 aromatic carbocycles. The van der Waals surface area contributed by atoms with E-state index < -0.39 is 10.1 Å². The van der Waals surface area contributed by atoms with E-state index in [1.807, 2.05) is 6.92 Å². The average molecular weight is 298 g/mol. The first-order chi connectivity index (χ1) is 9.28. The monoisotopic (exact) mass is 298 g/mol. The first-order valence-corrected chi connectivity index (χ1v) is 8.51.